The van der Waals surface area contributed by atoms with E-state index in [9.17, 15) is 19.2 Å². The summed E-state index contributed by atoms with van der Waals surface area (Å²) < 4.78 is 4.64. The van der Waals surface area contributed by atoms with Gasteiger partial charge in [0.2, 0.25) is 0 Å². The second-order valence-electron chi connectivity index (χ2n) is 6.13. The van der Waals surface area contributed by atoms with Crippen molar-refractivity contribution in [2.45, 2.75) is 26.4 Å². The fraction of sp³-hybridized carbons (Fsp3) is 0.412. The van der Waals surface area contributed by atoms with Gasteiger partial charge in [0.1, 0.15) is 0 Å². The van der Waals surface area contributed by atoms with Crippen LogP contribution in [0.3, 0.4) is 0 Å². The van der Waals surface area contributed by atoms with Crippen LogP contribution in [0, 0.1) is 0 Å². The quantitative estimate of drug-likeness (QED) is 0.434. The Kier molecular flexibility index (Phi) is 5.53. The van der Waals surface area contributed by atoms with Crippen molar-refractivity contribution >= 4 is 23.8 Å². The number of rotatable bonds is 6. The van der Waals surface area contributed by atoms with Crippen molar-refractivity contribution in [1.29, 1.82) is 0 Å². The molecule has 0 spiro atoms. The van der Waals surface area contributed by atoms with Gasteiger partial charge >= 0.3 is 23.8 Å². The smallest absolute Gasteiger partial charge is 0.337 e. The average Bonchev–Trinajstić information content (AvgIpc) is 2.78. The Morgan fingerprint density at radius 2 is 1.72 bits per heavy atom. The van der Waals surface area contributed by atoms with E-state index in [1.165, 1.54) is 7.11 Å². The number of imide groups is 2. The van der Waals surface area contributed by atoms with E-state index >= 15 is 0 Å². The maximum atomic E-state index is 12.2. The molecule has 1 aromatic rings. The summed E-state index contributed by atoms with van der Waals surface area (Å²) in [5.41, 5.74) is 1.33. The van der Waals surface area contributed by atoms with E-state index < -0.39 is 23.8 Å². The third kappa shape index (κ3) is 3.85. The normalized spacial score (nSPS) is 14.9. The molecule has 0 aliphatic carbocycles. The predicted octanol–water partition coefficient (Wildman–Crippen LogP) is 1.06. The summed E-state index contributed by atoms with van der Waals surface area (Å²) in [6.07, 6.45) is 0. The molecular formula is C17H21N3O5. The number of hydrogen-bond acceptors (Lipinski definition) is 6. The standard InChI is InChI=1S/C17H21N3O5/c1-11(2)20-15(22)14(21)19(17(20)24)10-18(3)9-12-5-7-13(8-6-12)16(23)25-4/h5-8,11H,9-10H2,1-4H3. The van der Waals surface area contributed by atoms with Crippen LogP contribution in [0.1, 0.15) is 29.8 Å². The number of urea groups is 1. The minimum Gasteiger partial charge on any atom is -0.465 e. The van der Waals surface area contributed by atoms with Crippen LogP contribution in [-0.4, -0.2) is 65.4 Å². The molecule has 8 nitrogen and oxygen atoms in total. The number of carbonyl (C=O) groups is 4. The Balaban J connectivity index is 2.01. The Labute approximate surface area is 145 Å². The molecule has 0 aromatic heterocycles. The van der Waals surface area contributed by atoms with Gasteiger partial charge in [-0.05, 0) is 38.6 Å². The third-order valence-electron chi connectivity index (χ3n) is 3.81. The van der Waals surface area contributed by atoms with E-state index in [0.717, 1.165) is 15.4 Å². The van der Waals surface area contributed by atoms with Gasteiger partial charge in [0, 0.05) is 12.6 Å². The highest BCUT2D eigenvalue weighted by Gasteiger charge is 2.45. The van der Waals surface area contributed by atoms with E-state index in [2.05, 4.69) is 4.74 Å². The zero-order valence-corrected chi connectivity index (χ0v) is 14.7. The van der Waals surface area contributed by atoms with E-state index in [-0.39, 0.29) is 12.7 Å². The lowest BCUT2D eigenvalue weighted by atomic mass is 10.1. The number of methoxy groups -OCH3 is 1. The van der Waals surface area contributed by atoms with E-state index in [1.807, 2.05) is 0 Å². The number of benzene rings is 1. The summed E-state index contributed by atoms with van der Waals surface area (Å²) in [7, 11) is 3.05. The van der Waals surface area contributed by atoms with Gasteiger partial charge in [-0.1, -0.05) is 12.1 Å². The van der Waals surface area contributed by atoms with Crippen LogP contribution < -0.4 is 0 Å². The fourth-order valence-electron chi connectivity index (χ4n) is 2.57. The lowest BCUT2D eigenvalue weighted by molar-refractivity contribution is -0.144. The highest BCUT2D eigenvalue weighted by molar-refractivity contribution is 6.44. The summed E-state index contributed by atoms with van der Waals surface area (Å²) in [5.74, 6) is -2.03. The predicted molar refractivity (Wildman–Crippen MR) is 88.3 cm³/mol. The van der Waals surface area contributed by atoms with Crippen molar-refractivity contribution < 1.29 is 23.9 Å². The second kappa shape index (κ2) is 7.43. The van der Waals surface area contributed by atoms with Crippen LogP contribution in [0.25, 0.3) is 0 Å². The molecule has 0 bridgehead atoms. The van der Waals surface area contributed by atoms with Gasteiger partial charge in [0.15, 0.2) is 0 Å². The number of hydrogen-bond donors (Lipinski definition) is 0. The van der Waals surface area contributed by atoms with Crippen molar-refractivity contribution in [3.05, 3.63) is 35.4 Å². The average molecular weight is 347 g/mol. The topological polar surface area (TPSA) is 87.2 Å². The van der Waals surface area contributed by atoms with Crippen molar-refractivity contribution in [2.75, 3.05) is 20.8 Å². The minimum absolute atomic E-state index is 0.00534. The van der Waals surface area contributed by atoms with Crippen molar-refractivity contribution in [2.24, 2.45) is 0 Å². The molecule has 134 valence electrons. The lowest BCUT2D eigenvalue weighted by Crippen LogP contribution is -2.41. The fourth-order valence-corrected chi connectivity index (χ4v) is 2.57. The number of nitrogens with zero attached hydrogens (tertiary/aromatic N) is 3. The first-order valence-corrected chi connectivity index (χ1v) is 7.81. The van der Waals surface area contributed by atoms with Crippen LogP contribution >= 0.6 is 0 Å². The molecule has 1 saturated heterocycles. The first-order chi connectivity index (χ1) is 11.8. The molecule has 0 radical (unpaired) electrons. The number of esters is 1. The summed E-state index contributed by atoms with van der Waals surface area (Å²) in [6.45, 7) is 3.80. The van der Waals surface area contributed by atoms with Crippen molar-refractivity contribution in [3.8, 4) is 0 Å². The molecule has 4 amide bonds. The van der Waals surface area contributed by atoms with Gasteiger partial charge in [-0.2, -0.15) is 0 Å². The van der Waals surface area contributed by atoms with E-state index in [0.29, 0.717) is 12.1 Å². The largest absolute Gasteiger partial charge is 0.465 e. The summed E-state index contributed by atoms with van der Waals surface area (Å²) in [6, 6.07) is 5.85. The lowest BCUT2D eigenvalue weighted by Gasteiger charge is -2.23. The maximum absolute atomic E-state index is 12.2. The number of amides is 4. The Hall–Kier alpha value is -2.74. The molecule has 1 fully saturated rings. The summed E-state index contributed by atoms with van der Waals surface area (Å²) >= 11 is 0. The van der Waals surface area contributed by atoms with E-state index in [1.54, 1.807) is 50.1 Å². The van der Waals surface area contributed by atoms with Gasteiger partial charge < -0.3 is 4.74 Å². The maximum Gasteiger partial charge on any atom is 0.337 e. The van der Waals surface area contributed by atoms with Gasteiger partial charge in [-0.25, -0.2) is 14.5 Å². The highest BCUT2D eigenvalue weighted by Crippen LogP contribution is 2.16. The molecule has 0 unspecified atom stereocenters. The molecule has 0 atom stereocenters. The second-order valence-corrected chi connectivity index (χ2v) is 6.13. The molecule has 1 aliphatic rings. The Bertz CT molecular complexity index is 699. The highest BCUT2D eigenvalue weighted by atomic mass is 16.5. The summed E-state index contributed by atoms with van der Waals surface area (Å²) in [4.78, 5) is 51.2. The third-order valence-corrected chi connectivity index (χ3v) is 3.81. The van der Waals surface area contributed by atoms with E-state index in [4.69, 9.17) is 0 Å². The molecule has 0 saturated carbocycles. The van der Waals surface area contributed by atoms with Gasteiger partial charge in [0.25, 0.3) is 0 Å². The first-order valence-electron chi connectivity index (χ1n) is 7.81. The van der Waals surface area contributed by atoms with Crippen LogP contribution in [-0.2, 0) is 20.9 Å². The van der Waals surface area contributed by atoms with Crippen LogP contribution in [0.5, 0.6) is 0 Å². The monoisotopic (exact) mass is 347 g/mol. The van der Waals surface area contributed by atoms with Gasteiger partial charge in [-0.3, -0.25) is 19.4 Å². The molecule has 8 heteroatoms. The molecular weight excluding hydrogens is 326 g/mol. The first kappa shape index (κ1) is 18.6. The van der Waals surface area contributed by atoms with Gasteiger partial charge in [-0.15, -0.1) is 0 Å². The van der Waals surface area contributed by atoms with Crippen molar-refractivity contribution in [3.63, 3.8) is 0 Å². The van der Waals surface area contributed by atoms with Crippen LogP contribution in [0.4, 0.5) is 4.79 Å². The number of ether oxygens (including phenoxy) is 1. The molecule has 1 heterocycles. The van der Waals surface area contributed by atoms with Crippen LogP contribution in [0.2, 0.25) is 0 Å². The molecule has 0 N–H and O–H groups in total. The Morgan fingerprint density at radius 3 is 2.20 bits per heavy atom. The Morgan fingerprint density at radius 1 is 1.12 bits per heavy atom. The van der Waals surface area contributed by atoms with Crippen molar-refractivity contribution in [1.82, 2.24) is 14.7 Å². The summed E-state index contributed by atoms with van der Waals surface area (Å²) in [5, 5.41) is 0. The zero-order chi connectivity index (χ0) is 18.7. The molecule has 2 rings (SSSR count). The zero-order valence-electron chi connectivity index (χ0n) is 14.7. The number of carbonyl (C=O) groups excluding carboxylic acids is 4. The minimum atomic E-state index is -0.813. The molecule has 1 aromatic carbocycles. The molecule has 25 heavy (non-hydrogen) atoms. The SMILES string of the molecule is COC(=O)c1ccc(CN(C)CN2C(=O)C(=O)N(C(C)C)C2=O)cc1. The van der Waals surface area contributed by atoms with Gasteiger partial charge in [0.05, 0.1) is 19.3 Å². The van der Waals surface area contributed by atoms with Crippen LogP contribution in [0.15, 0.2) is 24.3 Å². The molecule has 1 aliphatic heterocycles.